The summed E-state index contributed by atoms with van der Waals surface area (Å²) in [5, 5.41) is 11.8. The number of fused-ring (bicyclic) bond motifs is 1. The van der Waals surface area contributed by atoms with Gasteiger partial charge >= 0.3 is 0 Å². The molecular formula is C13H14N6O3. The molecule has 1 saturated heterocycles. The average molecular weight is 302 g/mol. The normalized spacial score (nSPS) is 18.1. The largest absolute Gasteiger partial charge is 0.368 e. The summed E-state index contributed by atoms with van der Waals surface area (Å²) in [6.07, 6.45) is 3.28. The lowest BCUT2D eigenvalue weighted by Gasteiger charge is -2.03. The number of anilines is 1. The van der Waals surface area contributed by atoms with Gasteiger partial charge in [0.05, 0.1) is 12.2 Å². The molecule has 0 aliphatic carbocycles. The van der Waals surface area contributed by atoms with Crippen molar-refractivity contribution < 1.29 is 13.8 Å². The lowest BCUT2D eigenvalue weighted by molar-refractivity contribution is 0.0835. The van der Waals surface area contributed by atoms with Gasteiger partial charge in [-0.15, -0.1) is 0 Å². The van der Waals surface area contributed by atoms with Crippen molar-refractivity contribution >= 4 is 16.9 Å². The van der Waals surface area contributed by atoms with Crippen molar-refractivity contribution in [3.05, 3.63) is 23.7 Å². The molecule has 0 spiro atoms. The molecular weight excluding hydrogens is 288 g/mol. The van der Waals surface area contributed by atoms with Gasteiger partial charge in [0.1, 0.15) is 23.6 Å². The zero-order chi connectivity index (χ0) is 14.9. The molecule has 4 heterocycles. The summed E-state index contributed by atoms with van der Waals surface area (Å²) >= 11 is 0. The van der Waals surface area contributed by atoms with E-state index in [1.165, 1.54) is 6.33 Å². The summed E-state index contributed by atoms with van der Waals surface area (Å²) in [7, 11) is 0. The Balaban J connectivity index is 1.51. The third-order valence-electron chi connectivity index (χ3n) is 3.55. The minimum absolute atomic E-state index is 0.0766. The molecule has 9 heteroatoms. The minimum atomic E-state index is -0.0766. The number of hydrogen-bond donors (Lipinski definition) is 1. The fourth-order valence-corrected chi connectivity index (χ4v) is 2.46. The van der Waals surface area contributed by atoms with Crippen LogP contribution in [0.2, 0.25) is 0 Å². The fraction of sp³-hybridized carbons (Fsp3) is 0.462. The molecule has 1 unspecified atom stereocenters. The van der Waals surface area contributed by atoms with Crippen molar-refractivity contribution in [2.24, 2.45) is 0 Å². The molecule has 3 aromatic heterocycles. The second-order valence-electron chi connectivity index (χ2n) is 5.07. The summed E-state index contributed by atoms with van der Waals surface area (Å²) in [4.78, 5) is 12.6. The Morgan fingerprint density at radius 3 is 3.09 bits per heavy atom. The van der Waals surface area contributed by atoms with E-state index in [1.54, 1.807) is 0 Å². The van der Waals surface area contributed by atoms with Gasteiger partial charge in [-0.1, -0.05) is 10.3 Å². The Labute approximate surface area is 125 Å². The average Bonchev–Trinajstić information content (AvgIpc) is 3.26. The molecule has 1 fully saturated rings. The lowest BCUT2D eigenvalue weighted by atomic mass is 10.2. The van der Waals surface area contributed by atoms with E-state index in [0.717, 1.165) is 30.5 Å². The second-order valence-corrected chi connectivity index (χ2v) is 5.07. The van der Waals surface area contributed by atoms with Gasteiger partial charge in [-0.2, -0.15) is 9.97 Å². The van der Waals surface area contributed by atoms with Crippen LogP contribution in [0.4, 0.5) is 5.82 Å². The Hall–Kier alpha value is -2.55. The van der Waals surface area contributed by atoms with Gasteiger partial charge in [0.15, 0.2) is 5.82 Å². The van der Waals surface area contributed by atoms with Gasteiger partial charge in [0.25, 0.3) is 11.6 Å². The number of nitrogens with zero attached hydrogens (tertiary/aromatic N) is 5. The first-order chi connectivity index (χ1) is 10.8. The van der Waals surface area contributed by atoms with Gasteiger partial charge in [0.2, 0.25) is 0 Å². The second kappa shape index (κ2) is 5.34. The van der Waals surface area contributed by atoms with E-state index in [-0.39, 0.29) is 6.10 Å². The van der Waals surface area contributed by atoms with Gasteiger partial charge in [-0.3, -0.25) is 0 Å². The van der Waals surface area contributed by atoms with E-state index in [9.17, 15) is 0 Å². The topological polar surface area (TPSA) is 112 Å². The highest BCUT2D eigenvalue weighted by Gasteiger charge is 2.23. The molecule has 1 aliphatic rings. The molecule has 3 aromatic rings. The monoisotopic (exact) mass is 302 g/mol. The first-order valence-electron chi connectivity index (χ1n) is 7.06. The van der Waals surface area contributed by atoms with Gasteiger partial charge in [0, 0.05) is 6.61 Å². The summed E-state index contributed by atoms with van der Waals surface area (Å²) < 4.78 is 15.9. The van der Waals surface area contributed by atoms with Crippen molar-refractivity contribution in [3.8, 4) is 0 Å². The number of aromatic nitrogens is 5. The van der Waals surface area contributed by atoms with E-state index in [1.807, 2.05) is 6.92 Å². The van der Waals surface area contributed by atoms with Crippen LogP contribution in [0.25, 0.3) is 11.1 Å². The van der Waals surface area contributed by atoms with Crippen molar-refractivity contribution in [3.63, 3.8) is 0 Å². The summed E-state index contributed by atoms with van der Waals surface area (Å²) in [6, 6.07) is 0. The standard InChI is InChI=1S/C13H14N6O3/c1-7-10-11(15-6-16-13(10)22-18-7)14-5-9-17-12(21-19-9)8-3-2-4-20-8/h6,8H,2-5H2,1H3,(H,14,15,16). The van der Waals surface area contributed by atoms with Gasteiger partial charge in [-0.25, -0.2) is 4.98 Å². The highest BCUT2D eigenvalue weighted by atomic mass is 16.5. The highest BCUT2D eigenvalue weighted by Crippen LogP contribution is 2.27. The molecule has 0 saturated carbocycles. The predicted molar refractivity (Wildman–Crippen MR) is 73.9 cm³/mol. The molecule has 114 valence electrons. The third-order valence-corrected chi connectivity index (χ3v) is 3.55. The molecule has 1 N–H and O–H groups in total. The Bertz CT molecular complexity index is 792. The van der Waals surface area contributed by atoms with E-state index in [0.29, 0.717) is 29.8 Å². The molecule has 0 aromatic carbocycles. The zero-order valence-corrected chi connectivity index (χ0v) is 11.9. The number of ether oxygens (including phenoxy) is 1. The van der Waals surface area contributed by atoms with Crippen molar-refractivity contribution in [1.29, 1.82) is 0 Å². The first-order valence-corrected chi connectivity index (χ1v) is 7.06. The molecule has 0 amide bonds. The maximum Gasteiger partial charge on any atom is 0.263 e. The van der Waals surface area contributed by atoms with Crippen LogP contribution >= 0.6 is 0 Å². The van der Waals surface area contributed by atoms with Crippen LogP contribution in [-0.2, 0) is 11.3 Å². The maximum absolute atomic E-state index is 5.52. The third kappa shape index (κ3) is 2.29. The minimum Gasteiger partial charge on any atom is -0.368 e. The van der Waals surface area contributed by atoms with Crippen LogP contribution < -0.4 is 5.32 Å². The van der Waals surface area contributed by atoms with E-state index in [2.05, 4.69) is 30.6 Å². The number of aryl methyl sites for hydroxylation is 1. The quantitative estimate of drug-likeness (QED) is 0.770. The van der Waals surface area contributed by atoms with E-state index < -0.39 is 0 Å². The van der Waals surface area contributed by atoms with Crippen molar-refractivity contribution in [2.75, 3.05) is 11.9 Å². The van der Waals surface area contributed by atoms with E-state index in [4.69, 9.17) is 13.8 Å². The molecule has 0 bridgehead atoms. The molecule has 1 atom stereocenters. The van der Waals surface area contributed by atoms with Crippen LogP contribution in [0.15, 0.2) is 15.4 Å². The Kier molecular flexibility index (Phi) is 3.19. The van der Waals surface area contributed by atoms with Crippen LogP contribution in [0.5, 0.6) is 0 Å². The molecule has 0 radical (unpaired) electrons. The number of rotatable bonds is 4. The maximum atomic E-state index is 5.52. The summed E-state index contributed by atoms with van der Waals surface area (Å²) in [6.45, 7) is 2.96. The van der Waals surface area contributed by atoms with Crippen molar-refractivity contribution in [2.45, 2.75) is 32.4 Å². The molecule has 1 aliphatic heterocycles. The molecule has 4 rings (SSSR count). The van der Waals surface area contributed by atoms with Crippen LogP contribution in [0.3, 0.4) is 0 Å². The smallest absolute Gasteiger partial charge is 0.263 e. The fourth-order valence-electron chi connectivity index (χ4n) is 2.46. The van der Waals surface area contributed by atoms with Gasteiger partial charge in [-0.05, 0) is 19.8 Å². The number of nitrogens with one attached hydrogen (secondary N) is 1. The van der Waals surface area contributed by atoms with Gasteiger partial charge < -0.3 is 19.1 Å². The predicted octanol–water partition coefficient (Wildman–Crippen LogP) is 1.77. The molecule has 9 nitrogen and oxygen atoms in total. The molecule has 22 heavy (non-hydrogen) atoms. The first kappa shape index (κ1) is 13.1. The Morgan fingerprint density at radius 2 is 2.23 bits per heavy atom. The van der Waals surface area contributed by atoms with Crippen LogP contribution in [0.1, 0.15) is 36.4 Å². The van der Waals surface area contributed by atoms with Crippen LogP contribution in [0, 0.1) is 6.92 Å². The summed E-state index contributed by atoms with van der Waals surface area (Å²) in [5.74, 6) is 1.71. The summed E-state index contributed by atoms with van der Waals surface area (Å²) in [5.41, 5.74) is 1.18. The van der Waals surface area contributed by atoms with Crippen molar-refractivity contribution in [1.82, 2.24) is 25.3 Å². The zero-order valence-electron chi connectivity index (χ0n) is 11.9. The number of hydrogen-bond acceptors (Lipinski definition) is 9. The van der Waals surface area contributed by atoms with E-state index >= 15 is 0 Å². The van der Waals surface area contributed by atoms with Crippen LogP contribution in [-0.4, -0.2) is 31.9 Å². The highest BCUT2D eigenvalue weighted by molar-refractivity contribution is 5.87. The lowest BCUT2D eigenvalue weighted by Crippen LogP contribution is -2.04. The SMILES string of the molecule is Cc1noc2ncnc(NCc3noc(C4CCCO4)n3)c12. The Morgan fingerprint density at radius 1 is 1.27 bits per heavy atom.